The molecule has 0 bridgehead atoms. The van der Waals surface area contributed by atoms with Crippen LogP contribution in [0.25, 0.3) is 0 Å². The van der Waals surface area contributed by atoms with Gasteiger partial charge >= 0.3 is 5.97 Å². The Kier molecular flexibility index (Phi) is 4.27. The molecule has 0 radical (unpaired) electrons. The number of rotatable bonds is 5. The molecular formula is C14H19NO4. The van der Waals surface area contributed by atoms with Crippen LogP contribution in [0.4, 0.5) is 5.69 Å². The number of anilines is 1. The summed E-state index contributed by atoms with van der Waals surface area (Å²) in [5.41, 5.74) is 0.806. The van der Waals surface area contributed by atoms with E-state index in [1.807, 2.05) is 6.92 Å². The van der Waals surface area contributed by atoms with Crippen molar-refractivity contribution in [1.29, 1.82) is 0 Å². The second-order valence-electron chi connectivity index (χ2n) is 4.70. The van der Waals surface area contributed by atoms with Gasteiger partial charge in [0.15, 0.2) is 0 Å². The Labute approximate surface area is 112 Å². The Morgan fingerprint density at radius 3 is 2.95 bits per heavy atom. The molecule has 5 nitrogen and oxygen atoms in total. The van der Waals surface area contributed by atoms with E-state index < -0.39 is 5.97 Å². The maximum Gasteiger partial charge on any atom is 0.337 e. The normalized spacial score (nSPS) is 20.0. The molecule has 0 amide bonds. The van der Waals surface area contributed by atoms with E-state index in [2.05, 4.69) is 5.32 Å². The highest BCUT2D eigenvalue weighted by Crippen LogP contribution is 2.25. The summed E-state index contributed by atoms with van der Waals surface area (Å²) in [6.07, 6.45) is 2.19. The third kappa shape index (κ3) is 3.17. The summed E-state index contributed by atoms with van der Waals surface area (Å²) >= 11 is 0. The summed E-state index contributed by atoms with van der Waals surface area (Å²) in [6.45, 7) is 2.78. The predicted molar refractivity (Wildman–Crippen MR) is 72.0 cm³/mol. The van der Waals surface area contributed by atoms with E-state index in [9.17, 15) is 9.90 Å². The molecule has 19 heavy (non-hydrogen) atoms. The Bertz CT molecular complexity index is 455. The zero-order valence-corrected chi connectivity index (χ0v) is 11.2. The van der Waals surface area contributed by atoms with Crippen LogP contribution in [0.1, 0.15) is 30.1 Å². The number of hydrogen-bond acceptors (Lipinski definition) is 4. The second kappa shape index (κ2) is 5.93. The molecule has 1 fully saturated rings. The van der Waals surface area contributed by atoms with Gasteiger partial charge in [0.05, 0.1) is 24.5 Å². The van der Waals surface area contributed by atoms with Gasteiger partial charge in [-0.15, -0.1) is 0 Å². The molecule has 0 aromatic heterocycles. The van der Waals surface area contributed by atoms with Crippen LogP contribution < -0.4 is 10.1 Å². The maximum absolute atomic E-state index is 11.2. The summed E-state index contributed by atoms with van der Waals surface area (Å²) in [5.74, 6) is -0.322. The van der Waals surface area contributed by atoms with E-state index in [0.717, 1.165) is 19.4 Å². The predicted octanol–water partition coefficient (Wildman–Crippen LogP) is 2.37. The Hall–Kier alpha value is -1.75. The molecule has 2 unspecified atom stereocenters. The van der Waals surface area contributed by atoms with Gasteiger partial charge in [0.1, 0.15) is 5.75 Å². The van der Waals surface area contributed by atoms with Crippen molar-refractivity contribution in [2.45, 2.75) is 31.9 Å². The van der Waals surface area contributed by atoms with Gasteiger partial charge in [-0.05, 0) is 31.9 Å². The molecule has 2 rings (SSSR count). The number of carboxylic acids is 1. The zero-order valence-electron chi connectivity index (χ0n) is 11.2. The van der Waals surface area contributed by atoms with Crippen LogP contribution in [0.3, 0.4) is 0 Å². The molecule has 1 aliphatic heterocycles. The number of carboxylic acid groups (broad SMARTS) is 1. The fraction of sp³-hybridized carbons (Fsp3) is 0.500. The van der Waals surface area contributed by atoms with Crippen LogP contribution in [0, 0.1) is 0 Å². The Morgan fingerprint density at radius 2 is 2.37 bits per heavy atom. The first kappa shape index (κ1) is 13.7. The smallest absolute Gasteiger partial charge is 0.337 e. The quantitative estimate of drug-likeness (QED) is 0.855. The van der Waals surface area contributed by atoms with Crippen molar-refractivity contribution in [2.75, 3.05) is 19.0 Å². The molecule has 1 saturated heterocycles. The highest BCUT2D eigenvalue weighted by Gasteiger charge is 2.23. The summed E-state index contributed by atoms with van der Waals surface area (Å²) in [6, 6.07) is 4.96. The number of benzene rings is 1. The molecular weight excluding hydrogens is 246 g/mol. The van der Waals surface area contributed by atoms with Crippen LogP contribution in [0.15, 0.2) is 18.2 Å². The molecule has 2 N–H and O–H groups in total. The topological polar surface area (TPSA) is 67.8 Å². The molecule has 1 aromatic carbocycles. The minimum Gasteiger partial charge on any atom is -0.497 e. The fourth-order valence-corrected chi connectivity index (χ4v) is 2.29. The van der Waals surface area contributed by atoms with Crippen molar-refractivity contribution >= 4 is 11.7 Å². The van der Waals surface area contributed by atoms with E-state index in [-0.39, 0.29) is 17.7 Å². The SMILES string of the molecule is COc1ccc(C(=O)O)c(NC(C)C2CCCO2)c1. The highest BCUT2D eigenvalue weighted by atomic mass is 16.5. The van der Waals surface area contributed by atoms with Gasteiger partial charge in [-0.1, -0.05) is 0 Å². The molecule has 2 atom stereocenters. The fourth-order valence-electron chi connectivity index (χ4n) is 2.29. The lowest BCUT2D eigenvalue weighted by Gasteiger charge is -2.22. The number of hydrogen-bond donors (Lipinski definition) is 2. The van der Waals surface area contributed by atoms with E-state index in [4.69, 9.17) is 9.47 Å². The third-order valence-corrected chi connectivity index (χ3v) is 3.36. The number of aromatic carboxylic acids is 1. The average Bonchev–Trinajstić information content (AvgIpc) is 2.92. The minimum absolute atomic E-state index is 0.0627. The van der Waals surface area contributed by atoms with Crippen LogP contribution in [-0.4, -0.2) is 36.9 Å². The first-order valence-corrected chi connectivity index (χ1v) is 6.41. The van der Waals surface area contributed by atoms with Crippen LogP contribution in [-0.2, 0) is 4.74 Å². The Balaban J connectivity index is 2.18. The van der Waals surface area contributed by atoms with Gasteiger partial charge in [-0.2, -0.15) is 0 Å². The van der Waals surface area contributed by atoms with Crippen molar-refractivity contribution in [3.63, 3.8) is 0 Å². The lowest BCUT2D eigenvalue weighted by Crippen LogP contribution is -2.30. The lowest BCUT2D eigenvalue weighted by molar-refractivity contribution is 0.0697. The van der Waals surface area contributed by atoms with Gasteiger partial charge in [-0.3, -0.25) is 0 Å². The standard InChI is InChI=1S/C14H19NO4/c1-9(13-4-3-7-19-13)15-12-8-10(18-2)5-6-11(12)14(16)17/h5-6,8-9,13,15H,3-4,7H2,1-2H3,(H,16,17). The number of ether oxygens (including phenoxy) is 2. The van der Waals surface area contributed by atoms with Gasteiger partial charge in [0.25, 0.3) is 0 Å². The number of nitrogens with one attached hydrogen (secondary N) is 1. The molecule has 1 heterocycles. The van der Waals surface area contributed by atoms with E-state index in [0.29, 0.717) is 11.4 Å². The van der Waals surface area contributed by atoms with Gasteiger partial charge in [-0.25, -0.2) is 4.79 Å². The average molecular weight is 265 g/mol. The largest absolute Gasteiger partial charge is 0.497 e. The highest BCUT2D eigenvalue weighted by molar-refractivity contribution is 5.94. The van der Waals surface area contributed by atoms with Crippen molar-refractivity contribution in [3.05, 3.63) is 23.8 Å². The molecule has 1 aliphatic rings. The molecule has 0 spiro atoms. The van der Waals surface area contributed by atoms with Crippen molar-refractivity contribution in [1.82, 2.24) is 0 Å². The second-order valence-corrected chi connectivity index (χ2v) is 4.70. The van der Waals surface area contributed by atoms with Crippen LogP contribution in [0.5, 0.6) is 5.75 Å². The first-order valence-electron chi connectivity index (χ1n) is 6.41. The van der Waals surface area contributed by atoms with Crippen LogP contribution >= 0.6 is 0 Å². The summed E-state index contributed by atoms with van der Waals surface area (Å²) < 4.78 is 10.7. The molecule has 104 valence electrons. The zero-order chi connectivity index (χ0) is 13.8. The summed E-state index contributed by atoms with van der Waals surface area (Å²) in [4.78, 5) is 11.2. The molecule has 5 heteroatoms. The molecule has 1 aromatic rings. The summed E-state index contributed by atoms with van der Waals surface area (Å²) in [5, 5.41) is 12.4. The summed E-state index contributed by atoms with van der Waals surface area (Å²) in [7, 11) is 1.56. The number of carbonyl (C=O) groups is 1. The van der Waals surface area contributed by atoms with E-state index in [1.54, 1.807) is 25.3 Å². The van der Waals surface area contributed by atoms with Gasteiger partial charge < -0.3 is 19.9 Å². The van der Waals surface area contributed by atoms with Gasteiger partial charge in [0, 0.05) is 18.7 Å². The molecule has 0 aliphatic carbocycles. The van der Waals surface area contributed by atoms with E-state index in [1.165, 1.54) is 0 Å². The van der Waals surface area contributed by atoms with Crippen molar-refractivity contribution in [2.24, 2.45) is 0 Å². The number of methoxy groups -OCH3 is 1. The van der Waals surface area contributed by atoms with E-state index >= 15 is 0 Å². The minimum atomic E-state index is -0.954. The van der Waals surface area contributed by atoms with Crippen molar-refractivity contribution in [3.8, 4) is 5.75 Å². The molecule has 0 saturated carbocycles. The first-order chi connectivity index (χ1) is 9.11. The third-order valence-electron chi connectivity index (χ3n) is 3.36. The monoisotopic (exact) mass is 265 g/mol. The van der Waals surface area contributed by atoms with Crippen LogP contribution in [0.2, 0.25) is 0 Å². The van der Waals surface area contributed by atoms with Crippen molar-refractivity contribution < 1.29 is 19.4 Å². The van der Waals surface area contributed by atoms with Gasteiger partial charge in [0.2, 0.25) is 0 Å². The maximum atomic E-state index is 11.2. The Morgan fingerprint density at radius 1 is 1.58 bits per heavy atom. The lowest BCUT2D eigenvalue weighted by atomic mass is 10.1.